The normalized spacial score (nSPS) is 10.8. The van der Waals surface area contributed by atoms with E-state index in [2.05, 4.69) is 20.3 Å². The van der Waals surface area contributed by atoms with Crippen LogP contribution in [0.3, 0.4) is 0 Å². The van der Waals surface area contributed by atoms with Crippen molar-refractivity contribution >= 4 is 11.8 Å². The van der Waals surface area contributed by atoms with E-state index in [1.807, 2.05) is 31.2 Å². The predicted octanol–water partition coefficient (Wildman–Crippen LogP) is 1.64. The van der Waals surface area contributed by atoms with Gasteiger partial charge in [0.2, 0.25) is 16.9 Å². The van der Waals surface area contributed by atoms with Gasteiger partial charge in [-0.2, -0.15) is 4.98 Å². The molecule has 0 amide bonds. The lowest BCUT2D eigenvalue weighted by Gasteiger charge is -1.98. The van der Waals surface area contributed by atoms with Crippen molar-refractivity contribution in [1.29, 1.82) is 0 Å². The van der Waals surface area contributed by atoms with Crippen LogP contribution < -0.4 is 5.84 Å². The van der Waals surface area contributed by atoms with Crippen LogP contribution in [0.4, 0.5) is 0 Å². The molecule has 0 spiro atoms. The number of benzene rings is 1. The van der Waals surface area contributed by atoms with Crippen LogP contribution in [0.5, 0.6) is 0 Å². The zero-order valence-corrected chi connectivity index (χ0v) is 11.5. The van der Waals surface area contributed by atoms with Crippen LogP contribution in [0.1, 0.15) is 11.5 Å². The summed E-state index contributed by atoms with van der Waals surface area (Å²) in [6.45, 7) is 2.01. The molecule has 0 unspecified atom stereocenters. The van der Waals surface area contributed by atoms with E-state index in [1.54, 1.807) is 0 Å². The Morgan fingerprint density at radius 2 is 2.20 bits per heavy atom. The Kier molecular flexibility index (Phi) is 3.38. The topological polar surface area (TPSA) is 95.7 Å². The third-order valence-electron chi connectivity index (χ3n) is 2.72. The molecule has 0 atom stereocenters. The molecule has 2 heterocycles. The summed E-state index contributed by atoms with van der Waals surface area (Å²) < 4.78 is 6.58. The Bertz CT molecular complexity index is 722. The number of aromatic nitrogens is 5. The Labute approximate surface area is 119 Å². The predicted molar refractivity (Wildman–Crippen MR) is 74.2 cm³/mol. The van der Waals surface area contributed by atoms with E-state index in [4.69, 9.17) is 10.4 Å². The molecule has 0 saturated heterocycles. The highest BCUT2D eigenvalue weighted by Crippen LogP contribution is 2.23. The van der Waals surface area contributed by atoms with Gasteiger partial charge in [0.1, 0.15) is 6.33 Å². The largest absolute Gasteiger partial charge is 0.338 e. The summed E-state index contributed by atoms with van der Waals surface area (Å²) in [4.78, 5) is 4.37. The zero-order chi connectivity index (χ0) is 13.9. The van der Waals surface area contributed by atoms with Crippen LogP contribution in [-0.2, 0) is 5.75 Å². The van der Waals surface area contributed by atoms with Gasteiger partial charge in [-0.3, -0.25) is 0 Å². The minimum Gasteiger partial charge on any atom is -0.338 e. The molecule has 20 heavy (non-hydrogen) atoms. The van der Waals surface area contributed by atoms with Gasteiger partial charge in [0.15, 0.2) is 0 Å². The fourth-order valence-corrected chi connectivity index (χ4v) is 2.38. The number of nitrogens with two attached hydrogens (primary N) is 1. The maximum atomic E-state index is 5.63. The number of rotatable bonds is 4. The first-order valence-corrected chi connectivity index (χ1v) is 6.89. The van der Waals surface area contributed by atoms with Crippen molar-refractivity contribution in [2.24, 2.45) is 0 Å². The van der Waals surface area contributed by atoms with Gasteiger partial charge in [0.05, 0.1) is 5.75 Å². The number of nitrogens with zero attached hydrogens (tertiary/aromatic N) is 5. The van der Waals surface area contributed by atoms with E-state index in [0.717, 1.165) is 11.1 Å². The van der Waals surface area contributed by atoms with Gasteiger partial charge in [0, 0.05) is 5.56 Å². The molecule has 0 bridgehead atoms. The summed E-state index contributed by atoms with van der Waals surface area (Å²) in [7, 11) is 0. The zero-order valence-electron chi connectivity index (χ0n) is 10.7. The maximum Gasteiger partial charge on any atom is 0.237 e. The Morgan fingerprint density at radius 3 is 2.95 bits per heavy atom. The fraction of sp³-hybridized carbons (Fsp3) is 0.167. The highest BCUT2D eigenvalue weighted by molar-refractivity contribution is 7.98. The molecule has 0 fully saturated rings. The van der Waals surface area contributed by atoms with E-state index in [9.17, 15) is 0 Å². The van der Waals surface area contributed by atoms with Gasteiger partial charge in [-0.05, 0) is 12.5 Å². The lowest BCUT2D eigenvalue weighted by molar-refractivity contribution is 0.391. The maximum absolute atomic E-state index is 5.63. The average molecular weight is 288 g/mol. The highest BCUT2D eigenvalue weighted by Gasteiger charge is 2.12. The van der Waals surface area contributed by atoms with E-state index in [1.165, 1.54) is 22.8 Å². The monoisotopic (exact) mass is 288 g/mol. The second-order valence-electron chi connectivity index (χ2n) is 4.14. The molecule has 8 heteroatoms. The number of nitrogen functional groups attached to an aromatic ring is 1. The molecule has 2 aromatic heterocycles. The summed E-state index contributed by atoms with van der Waals surface area (Å²) in [5.74, 6) is 7.23. The number of aryl methyl sites for hydroxylation is 1. The van der Waals surface area contributed by atoms with Crippen LogP contribution in [0.25, 0.3) is 11.4 Å². The van der Waals surface area contributed by atoms with E-state index in [0.29, 0.717) is 22.6 Å². The van der Waals surface area contributed by atoms with Gasteiger partial charge >= 0.3 is 0 Å². The molecular formula is C12H12N6OS. The first-order valence-electron chi connectivity index (χ1n) is 5.90. The first-order chi connectivity index (χ1) is 9.74. The molecule has 102 valence electrons. The number of hydrogen-bond donors (Lipinski definition) is 1. The molecule has 0 aliphatic rings. The lowest BCUT2D eigenvalue weighted by Crippen LogP contribution is -2.07. The van der Waals surface area contributed by atoms with E-state index in [-0.39, 0.29) is 0 Å². The van der Waals surface area contributed by atoms with Crippen molar-refractivity contribution in [3.05, 3.63) is 42.0 Å². The van der Waals surface area contributed by atoms with Crippen LogP contribution in [0.2, 0.25) is 0 Å². The molecule has 2 N–H and O–H groups in total. The molecule has 3 rings (SSSR count). The Morgan fingerprint density at radius 1 is 1.35 bits per heavy atom. The number of hydrogen-bond acceptors (Lipinski definition) is 7. The van der Waals surface area contributed by atoms with Gasteiger partial charge in [-0.1, -0.05) is 41.2 Å². The van der Waals surface area contributed by atoms with Gasteiger partial charge in [-0.15, -0.1) is 10.2 Å². The lowest BCUT2D eigenvalue weighted by atomic mass is 10.1. The third kappa shape index (κ3) is 2.50. The van der Waals surface area contributed by atoms with Crippen LogP contribution in [0.15, 0.2) is 40.3 Å². The summed E-state index contributed by atoms with van der Waals surface area (Å²) in [6, 6.07) is 7.90. The van der Waals surface area contributed by atoms with Crippen LogP contribution >= 0.6 is 11.8 Å². The minimum atomic E-state index is 0.495. The summed E-state index contributed by atoms with van der Waals surface area (Å²) in [6.07, 6.45) is 1.44. The van der Waals surface area contributed by atoms with Crippen molar-refractivity contribution in [3.63, 3.8) is 0 Å². The van der Waals surface area contributed by atoms with Gasteiger partial charge < -0.3 is 10.4 Å². The van der Waals surface area contributed by atoms with Gasteiger partial charge in [0.25, 0.3) is 0 Å². The minimum absolute atomic E-state index is 0.495. The summed E-state index contributed by atoms with van der Waals surface area (Å²) in [5, 5.41) is 12.2. The smallest absolute Gasteiger partial charge is 0.237 e. The molecule has 1 aromatic carbocycles. The van der Waals surface area contributed by atoms with E-state index >= 15 is 0 Å². The average Bonchev–Trinajstić information content (AvgIpc) is 3.06. The molecule has 7 nitrogen and oxygen atoms in total. The molecule has 0 saturated carbocycles. The molecule has 3 aromatic rings. The second kappa shape index (κ2) is 5.33. The van der Waals surface area contributed by atoms with E-state index < -0.39 is 0 Å². The SMILES string of the molecule is Cc1ccccc1-c1noc(CSc2nncn2N)n1. The Balaban J connectivity index is 1.74. The quantitative estimate of drug-likeness (QED) is 0.576. The summed E-state index contributed by atoms with van der Waals surface area (Å²) >= 11 is 1.39. The fourth-order valence-electron chi connectivity index (χ4n) is 1.71. The summed E-state index contributed by atoms with van der Waals surface area (Å²) in [5.41, 5.74) is 2.07. The van der Waals surface area contributed by atoms with Crippen LogP contribution in [0, 0.1) is 6.92 Å². The second-order valence-corrected chi connectivity index (χ2v) is 5.08. The standard InChI is InChI=1S/C12H12N6OS/c1-8-4-2-3-5-9(8)11-15-10(19-17-11)6-20-12-16-14-7-18(12)13/h2-5,7H,6,13H2,1H3. The molecular weight excluding hydrogens is 276 g/mol. The van der Waals surface area contributed by atoms with Crippen molar-refractivity contribution in [1.82, 2.24) is 25.0 Å². The van der Waals surface area contributed by atoms with Crippen molar-refractivity contribution in [2.45, 2.75) is 17.8 Å². The molecule has 0 aliphatic heterocycles. The molecule has 0 aliphatic carbocycles. The van der Waals surface area contributed by atoms with Crippen molar-refractivity contribution in [3.8, 4) is 11.4 Å². The van der Waals surface area contributed by atoms with Crippen molar-refractivity contribution < 1.29 is 4.52 Å². The highest BCUT2D eigenvalue weighted by atomic mass is 32.2. The Hall–Kier alpha value is -2.35. The van der Waals surface area contributed by atoms with Gasteiger partial charge in [-0.25, -0.2) is 4.68 Å². The molecule has 0 radical (unpaired) electrons. The third-order valence-corrected chi connectivity index (χ3v) is 3.66. The first kappa shape index (κ1) is 12.7. The number of thioether (sulfide) groups is 1. The van der Waals surface area contributed by atoms with Crippen LogP contribution in [-0.4, -0.2) is 25.0 Å². The van der Waals surface area contributed by atoms with Crippen molar-refractivity contribution in [2.75, 3.05) is 5.84 Å².